The number of rotatable bonds is 6. The Bertz CT molecular complexity index is 962. The fourth-order valence-electron chi connectivity index (χ4n) is 2.22. The quantitative estimate of drug-likeness (QED) is 0.593. The van der Waals surface area contributed by atoms with Crippen LogP contribution in [0.1, 0.15) is 18.2 Å². The number of ether oxygens (including phenoxy) is 2. The molecule has 27 heavy (non-hydrogen) atoms. The van der Waals surface area contributed by atoms with Crippen LogP contribution in [0.2, 0.25) is 0 Å². The number of nitriles is 1. The SMILES string of the molecule is C[C@@H](Oc1ccc(C#N)cc1)C(=O)OCc1csc(-c2ccc(F)cc2)n1. The number of nitrogens with zero attached hydrogens (tertiary/aromatic N) is 2. The molecule has 0 unspecified atom stereocenters. The van der Waals surface area contributed by atoms with Crippen molar-refractivity contribution in [3.63, 3.8) is 0 Å². The van der Waals surface area contributed by atoms with Crippen molar-refractivity contribution in [1.82, 2.24) is 4.98 Å². The van der Waals surface area contributed by atoms with E-state index in [0.717, 1.165) is 10.6 Å². The van der Waals surface area contributed by atoms with Crippen molar-refractivity contribution < 1.29 is 18.7 Å². The highest BCUT2D eigenvalue weighted by Crippen LogP contribution is 2.24. The van der Waals surface area contributed by atoms with Crippen LogP contribution in [0.4, 0.5) is 4.39 Å². The van der Waals surface area contributed by atoms with Gasteiger partial charge in [-0.2, -0.15) is 5.26 Å². The lowest BCUT2D eigenvalue weighted by Gasteiger charge is -2.13. The fraction of sp³-hybridized carbons (Fsp3) is 0.150. The molecule has 0 amide bonds. The van der Waals surface area contributed by atoms with Crippen LogP contribution in [0, 0.1) is 17.1 Å². The van der Waals surface area contributed by atoms with Crippen LogP contribution in [0.3, 0.4) is 0 Å². The van der Waals surface area contributed by atoms with E-state index in [1.54, 1.807) is 48.7 Å². The second kappa shape index (κ2) is 8.43. The van der Waals surface area contributed by atoms with E-state index in [9.17, 15) is 9.18 Å². The van der Waals surface area contributed by atoms with Gasteiger partial charge >= 0.3 is 5.97 Å². The molecule has 1 aromatic heterocycles. The normalized spacial score (nSPS) is 11.4. The molecule has 5 nitrogen and oxygen atoms in total. The lowest BCUT2D eigenvalue weighted by molar-refractivity contribution is -0.152. The molecule has 0 aliphatic heterocycles. The standard InChI is InChI=1S/C20H15FN2O3S/c1-13(26-18-8-2-14(10-22)3-9-18)20(24)25-11-17-12-27-19(23-17)15-4-6-16(21)7-5-15/h2-9,12-13H,11H2,1H3/t13-/m1/s1. The summed E-state index contributed by atoms with van der Waals surface area (Å²) >= 11 is 1.39. The van der Waals surface area contributed by atoms with Crippen LogP contribution in [-0.4, -0.2) is 17.1 Å². The predicted molar refractivity (Wildman–Crippen MR) is 98.6 cm³/mol. The Balaban J connectivity index is 1.54. The van der Waals surface area contributed by atoms with Crippen molar-refractivity contribution in [2.24, 2.45) is 0 Å². The zero-order valence-corrected chi connectivity index (χ0v) is 15.2. The van der Waals surface area contributed by atoms with Gasteiger partial charge in [0.15, 0.2) is 6.10 Å². The minimum atomic E-state index is -0.798. The zero-order chi connectivity index (χ0) is 19.2. The average molecular weight is 382 g/mol. The van der Waals surface area contributed by atoms with Gasteiger partial charge in [-0.15, -0.1) is 11.3 Å². The van der Waals surface area contributed by atoms with E-state index in [4.69, 9.17) is 14.7 Å². The first-order chi connectivity index (χ1) is 13.0. The van der Waals surface area contributed by atoms with Crippen molar-refractivity contribution >= 4 is 17.3 Å². The van der Waals surface area contributed by atoms with Gasteiger partial charge < -0.3 is 9.47 Å². The van der Waals surface area contributed by atoms with E-state index in [0.29, 0.717) is 17.0 Å². The van der Waals surface area contributed by atoms with Gasteiger partial charge in [-0.05, 0) is 55.5 Å². The van der Waals surface area contributed by atoms with Gasteiger partial charge in [0.2, 0.25) is 0 Å². The van der Waals surface area contributed by atoms with Crippen LogP contribution in [0.25, 0.3) is 10.6 Å². The van der Waals surface area contributed by atoms with Crippen molar-refractivity contribution in [1.29, 1.82) is 5.26 Å². The molecule has 0 saturated carbocycles. The van der Waals surface area contributed by atoms with Crippen LogP contribution in [-0.2, 0) is 16.1 Å². The monoisotopic (exact) mass is 382 g/mol. The van der Waals surface area contributed by atoms with Gasteiger partial charge in [0.1, 0.15) is 23.2 Å². The summed E-state index contributed by atoms with van der Waals surface area (Å²) in [5, 5.41) is 11.3. The number of hydrogen-bond donors (Lipinski definition) is 0. The number of aromatic nitrogens is 1. The lowest BCUT2D eigenvalue weighted by atomic mass is 10.2. The smallest absolute Gasteiger partial charge is 0.347 e. The van der Waals surface area contributed by atoms with E-state index in [2.05, 4.69) is 4.98 Å². The summed E-state index contributed by atoms with van der Waals surface area (Å²) < 4.78 is 23.7. The van der Waals surface area contributed by atoms with Crippen LogP contribution in [0.5, 0.6) is 5.75 Å². The van der Waals surface area contributed by atoms with Crippen LogP contribution < -0.4 is 4.74 Å². The molecular weight excluding hydrogens is 367 g/mol. The summed E-state index contributed by atoms with van der Waals surface area (Å²) in [5.74, 6) is -0.345. The van der Waals surface area contributed by atoms with Gasteiger partial charge in [0, 0.05) is 10.9 Å². The summed E-state index contributed by atoms with van der Waals surface area (Å²) in [4.78, 5) is 16.5. The molecule has 0 radical (unpaired) electrons. The zero-order valence-electron chi connectivity index (χ0n) is 14.4. The third-order valence-corrected chi connectivity index (χ3v) is 4.57. The Labute approximate surface area is 159 Å². The molecule has 3 aromatic rings. The number of esters is 1. The van der Waals surface area contributed by atoms with Crippen molar-refractivity contribution in [2.75, 3.05) is 0 Å². The minimum absolute atomic E-state index is 0.0254. The molecule has 1 atom stereocenters. The number of carbonyl (C=O) groups is 1. The lowest BCUT2D eigenvalue weighted by Crippen LogP contribution is -2.26. The molecule has 0 fully saturated rings. The average Bonchev–Trinajstić information content (AvgIpc) is 3.16. The highest BCUT2D eigenvalue weighted by atomic mass is 32.1. The minimum Gasteiger partial charge on any atom is -0.479 e. The largest absolute Gasteiger partial charge is 0.479 e. The predicted octanol–water partition coefficient (Wildman–Crippen LogP) is 4.33. The fourth-order valence-corrected chi connectivity index (χ4v) is 3.03. The number of carbonyl (C=O) groups excluding carboxylic acids is 1. The van der Waals surface area contributed by atoms with Gasteiger partial charge in [-0.3, -0.25) is 0 Å². The maximum Gasteiger partial charge on any atom is 0.347 e. The molecule has 3 rings (SSSR count). The Morgan fingerprint density at radius 2 is 1.93 bits per heavy atom. The van der Waals surface area contributed by atoms with E-state index < -0.39 is 12.1 Å². The molecule has 136 valence electrons. The first kappa shape index (κ1) is 18.5. The highest BCUT2D eigenvalue weighted by Gasteiger charge is 2.17. The van der Waals surface area contributed by atoms with E-state index >= 15 is 0 Å². The molecule has 2 aromatic carbocycles. The van der Waals surface area contributed by atoms with Crippen molar-refractivity contribution in [2.45, 2.75) is 19.6 Å². The van der Waals surface area contributed by atoms with Gasteiger partial charge in [0.25, 0.3) is 0 Å². The Kier molecular flexibility index (Phi) is 5.79. The Hall–Kier alpha value is -3.24. The molecule has 0 N–H and O–H groups in total. The molecule has 1 heterocycles. The summed E-state index contributed by atoms with van der Waals surface area (Å²) in [7, 11) is 0. The summed E-state index contributed by atoms with van der Waals surface area (Å²) in [5.41, 5.74) is 1.92. The van der Waals surface area contributed by atoms with Gasteiger partial charge in [-0.1, -0.05) is 0 Å². The molecule has 0 aliphatic rings. The molecule has 0 spiro atoms. The topological polar surface area (TPSA) is 72.2 Å². The maximum absolute atomic E-state index is 13.0. The van der Waals surface area contributed by atoms with Crippen LogP contribution in [0.15, 0.2) is 53.9 Å². The van der Waals surface area contributed by atoms with E-state index in [1.165, 1.54) is 23.5 Å². The van der Waals surface area contributed by atoms with E-state index in [1.807, 2.05) is 6.07 Å². The summed E-state index contributed by atoms with van der Waals surface area (Å²) in [6.07, 6.45) is -0.798. The molecule has 0 bridgehead atoms. The molecule has 7 heteroatoms. The number of thiazole rings is 1. The first-order valence-electron chi connectivity index (χ1n) is 8.09. The maximum atomic E-state index is 13.0. The molecule has 0 aliphatic carbocycles. The van der Waals surface area contributed by atoms with Gasteiger partial charge in [-0.25, -0.2) is 14.2 Å². The molecule has 0 saturated heterocycles. The second-order valence-corrected chi connectivity index (χ2v) is 6.51. The third kappa shape index (κ3) is 4.90. The second-order valence-electron chi connectivity index (χ2n) is 5.65. The summed E-state index contributed by atoms with van der Waals surface area (Å²) in [6.45, 7) is 1.61. The Morgan fingerprint density at radius 3 is 2.59 bits per heavy atom. The molecular formula is C20H15FN2O3S. The summed E-state index contributed by atoms with van der Waals surface area (Å²) in [6, 6.07) is 14.5. The number of halogens is 1. The van der Waals surface area contributed by atoms with E-state index in [-0.39, 0.29) is 12.4 Å². The van der Waals surface area contributed by atoms with Crippen LogP contribution >= 0.6 is 11.3 Å². The third-order valence-electron chi connectivity index (χ3n) is 3.63. The van der Waals surface area contributed by atoms with Crippen molar-refractivity contribution in [3.8, 4) is 22.4 Å². The first-order valence-corrected chi connectivity index (χ1v) is 8.97. The number of benzene rings is 2. The highest BCUT2D eigenvalue weighted by molar-refractivity contribution is 7.13. The van der Waals surface area contributed by atoms with Gasteiger partial charge in [0.05, 0.1) is 17.3 Å². The number of hydrogen-bond acceptors (Lipinski definition) is 6. The Morgan fingerprint density at radius 1 is 1.22 bits per heavy atom. The van der Waals surface area contributed by atoms with Crippen molar-refractivity contribution in [3.05, 3.63) is 71.0 Å².